The fraction of sp³-hybridized carbons (Fsp3) is 0.444. The highest BCUT2D eigenvalue weighted by atomic mass is 16.4. The number of carbonyl (C=O) groups is 2. The highest BCUT2D eigenvalue weighted by Gasteiger charge is 2.49. The SMILES string of the molecule is O=C(NC1(C(=O)O)CCc2ccccc21)C1CC2C=CC1C2. The van der Waals surface area contributed by atoms with Gasteiger partial charge in [0, 0.05) is 5.92 Å². The molecule has 4 atom stereocenters. The molecule has 1 amide bonds. The average molecular weight is 297 g/mol. The number of nitrogens with one attached hydrogen (secondary N) is 1. The predicted molar refractivity (Wildman–Crippen MR) is 81.1 cm³/mol. The van der Waals surface area contributed by atoms with E-state index in [1.54, 1.807) is 0 Å². The average Bonchev–Trinajstić information content (AvgIpc) is 3.21. The van der Waals surface area contributed by atoms with Crippen molar-refractivity contribution >= 4 is 11.9 Å². The number of carbonyl (C=O) groups excluding carboxylic acids is 1. The van der Waals surface area contributed by atoms with Gasteiger partial charge in [0.25, 0.3) is 0 Å². The van der Waals surface area contributed by atoms with Crippen LogP contribution >= 0.6 is 0 Å². The number of amides is 1. The second kappa shape index (κ2) is 4.70. The number of aryl methyl sites for hydroxylation is 1. The number of hydrogen-bond donors (Lipinski definition) is 2. The highest BCUT2D eigenvalue weighted by Crippen LogP contribution is 2.44. The summed E-state index contributed by atoms with van der Waals surface area (Å²) in [4.78, 5) is 24.7. The Bertz CT molecular complexity index is 681. The van der Waals surface area contributed by atoms with Crippen LogP contribution in [0.25, 0.3) is 0 Å². The molecule has 1 aromatic rings. The number of carboxylic acid groups (broad SMARTS) is 1. The zero-order valence-electron chi connectivity index (χ0n) is 12.3. The van der Waals surface area contributed by atoms with Crippen LogP contribution < -0.4 is 5.32 Å². The van der Waals surface area contributed by atoms with Crippen LogP contribution in [0.2, 0.25) is 0 Å². The van der Waals surface area contributed by atoms with Gasteiger partial charge in [-0.15, -0.1) is 0 Å². The first-order valence-electron chi connectivity index (χ1n) is 7.92. The van der Waals surface area contributed by atoms with Gasteiger partial charge in [-0.2, -0.15) is 0 Å². The lowest BCUT2D eigenvalue weighted by Gasteiger charge is -2.30. The van der Waals surface area contributed by atoms with E-state index in [4.69, 9.17) is 0 Å². The van der Waals surface area contributed by atoms with Crippen molar-refractivity contribution < 1.29 is 14.7 Å². The molecule has 1 fully saturated rings. The fourth-order valence-electron chi connectivity index (χ4n) is 4.40. The third-order valence-electron chi connectivity index (χ3n) is 5.56. The Morgan fingerprint density at radius 3 is 2.68 bits per heavy atom. The Balaban J connectivity index is 1.63. The lowest BCUT2D eigenvalue weighted by atomic mass is 9.88. The Morgan fingerprint density at radius 1 is 1.18 bits per heavy atom. The summed E-state index contributed by atoms with van der Waals surface area (Å²) in [6, 6.07) is 7.54. The third kappa shape index (κ3) is 1.83. The molecule has 0 heterocycles. The summed E-state index contributed by atoms with van der Waals surface area (Å²) < 4.78 is 0. The van der Waals surface area contributed by atoms with E-state index in [9.17, 15) is 14.7 Å². The topological polar surface area (TPSA) is 66.4 Å². The first-order valence-corrected chi connectivity index (χ1v) is 7.92. The van der Waals surface area contributed by atoms with Gasteiger partial charge < -0.3 is 10.4 Å². The highest BCUT2D eigenvalue weighted by molar-refractivity contribution is 5.90. The summed E-state index contributed by atoms with van der Waals surface area (Å²) in [5, 5.41) is 12.7. The number of fused-ring (bicyclic) bond motifs is 3. The van der Waals surface area contributed by atoms with Crippen LogP contribution in [-0.4, -0.2) is 17.0 Å². The van der Waals surface area contributed by atoms with Crippen LogP contribution in [-0.2, 0) is 21.5 Å². The van der Waals surface area contributed by atoms with Gasteiger partial charge in [-0.1, -0.05) is 36.4 Å². The Hall–Kier alpha value is -2.10. The van der Waals surface area contributed by atoms with Crippen molar-refractivity contribution in [1.29, 1.82) is 0 Å². The number of hydrogen-bond acceptors (Lipinski definition) is 2. The van der Waals surface area contributed by atoms with Gasteiger partial charge in [-0.05, 0) is 48.6 Å². The number of allylic oxidation sites excluding steroid dienone is 2. The minimum Gasteiger partial charge on any atom is -0.479 e. The maximum Gasteiger partial charge on any atom is 0.334 e. The van der Waals surface area contributed by atoms with Gasteiger partial charge >= 0.3 is 5.97 Å². The Kier molecular flexibility index (Phi) is 2.90. The lowest BCUT2D eigenvalue weighted by molar-refractivity contribution is -0.149. The van der Waals surface area contributed by atoms with Crippen molar-refractivity contribution in [3.63, 3.8) is 0 Å². The number of benzene rings is 1. The molecule has 2 N–H and O–H groups in total. The number of rotatable bonds is 3. The first kappa shape index (κ1) is 13.6. The predicted octanol–water partition coefficient (Wildman–Crippen LogP) is 2.24. The second-order valence-electron chi connectivity index (χ2n) is 6.74. The number of carboxylic acids is 1. The van der Waals surface area contributed by atoms with Gasteiger partial charge in [0.2, 0.25) is 5.91 Å². The monoisotopic (exact) mass is 297 g/mol. The molecule has 3 aliphatic carbocycles. The van der Waals surface area contributed by atoms with Gasteiger partial charge in [-0.25, -0.2) is 4.79 Å². The zero-order valence-corrected chi connectivity index (χ0v) is 12.3. The Morgan fingerprint density at radius 2 is 2.00 bits per heavy atom. The standard InChI is InChI=1S/C18H19NO3/c20-16(14-10-11-5-6-13(14)9-11)19-18(17(21)22)8-7-12-3-1-2-4-15(12)18/h1-6,11,13-14H,7-10H2,(H,19,20)(H,21,22). The van der Waals surface area contributed by atoms with Crippen LogP contribution in [0, 0.1) is 17.8 Å². The van der Waals surface area contributed by atoms with E-state index in [0.717, 1.165) is 24.0 Å². The zero-order chi connectivity index (χ0) is 15.3. The first-order chi connectivity index (χ1) is 10.6. The van der Waals surface area contributed by atoms with E-state index >= 15 is 0 Å². The maximum atomic E-state index is 12.7. The van der Waals surface area contributed by atoms with Crippen molar-refractivity contribution in [3.05, 3.63) is 47.5 Å². The van der Waals surface area contributed by atoms with E-state index < -0.39 is 11.5 Å². The van der Waals surface area contributed by atoms with Gasteiger partial charge in [0.05, 0.1) is 0 Å². The van der Waals surface area contributed by atoms with Crippen molar-refractivity contribution in [2.45, 2.75) is 31.2 Å². The van der Waals surface area contributed by atoms with E-state index in [1.165, 1.54) is 0 Å². The van der Waals surface area contributed by atoms with Crippen LogP contribution in [0.4, 0.5) is 0 Å². The van der Waals surface area contributed by atoms with E-state index in [1.807, 2.05) is 24.3 Å². The summed E-state index contributed by atoms with van der Waals surface area (Å²) in [6.45, 7) is 0. The molecule has 4 unspecified atom stereocenters. The molecule has 1 saturated carbocycles. The largest absolute Gasteiger partial charge is 0.479 e. The molecular weight excluding hydrogens is 278 g/mol. The summed E-state index contributed by atoms with van der Waals surface area (Å²) >= 11 is 0. The molecular formula is C18H19NO3. The molecule has 0 spiro atoms. The normalized spacial score (nSPS) is 34.6. The van der Waals surface area contributed by atoms with Crippen molar-refractivity contribution in [2.24, 2.45) is 17.8 Å². The van der Waals surface area contributed by atoms with Gasteiger partial charge in [-0.3, -0.25) is 4.79 Å². The molecule has 2 bridgehead atoms. The van der Waals surface area contributed by atoms with Crippen molar-refractivity contribution in [3.8, 4) is 0 Å². The van der Waals surface area contributed by atoms with E-state index in [-0.39, 0.29) is 17.7 Å². The molecule has 22 heavy (non-hydrogen) atoms. The molecule has 4 nitrogen and oxygen atoms in total. The maximum absolute atomic E-state index is 12.7. The molecule has 0 aliphatic heterocycles. The van der Waals surface area contributed by atoms with Crippen LogP contribution in [0.15, 0.2) is 36.4 Å². The molecule has 0 saturated heterocycles. The summed E-state index contributed by atoms with van der Waals surface area (Å²) in [6.07, 6.45) is 7.32. The fourth-order valence-corrected chi connectivity index (χ4v) is 4.40. The molecule has 0 radical (unpaired) electrons. The minimum absolute atomic E-state index is 0.0704. The van der Waals surface area contributed by atoms with Crippen LogP contribution in [0.5, 0.6) is 0 Å². The van der Waals surface area contributed by atoms with Crippen molar-refractivity contribution in [1.82, 2.24) is 5.32 Å². The van der Waals surface area contributed by atoms with Gasteiger partial charge in [0.15, 0.2) is 5.54 Å². The smallest absolute Gasteiger partial charge is 0.334 e. The molecule has 3 aliphatic rings. The van der Waals surface area contributed by atoms with Gasteiger partial charge in [0.1, 0.15) is 0 Å². The molecule has 0 aromatic heterocycles. The van der Waals surface area contributed by atoms with E-state index in [2.05, 4.69) is 17.5 Å². The molecule has 4 heteroatoms. The summed E-state index contributed by atoms with van der Waals surface area (Å²) in [7, 11) is 0. The van der Waals surface area contributed by atoms with E-state index in [0.29, 0.717) is 18.8 Å². The lowest BCUT2D eigenvalue weighted by Crippen LogP contribution is -2.52. The quantitative estimate of drug-likeness (QED) is 0.841. The summed E-state index contributed by atoms with van der Waals surface area (Å²) in [5.74, 6) is -0.343. The minimum atomic E-state index is -1.25. The van der Waals surface area contributed by atoms with Crippen molar-refractivity contribution in [2.75, 3.05) is 0 Å². The number of aliphatic carboxylic acids is 1. The second-order valence-corrected chi connectivity index (χ2v) is 6.74. The van der Waals surface area contributed by atoms with Crippen LogP contribution in [0.3, 0.4) is 0 Å². The Labute approximate surface area is 129 Å². The molecule has 1 aromatic carbocycles. The molecule has 114 valence electrons. The molecule has 4 rings (SSSR count). The summed E-state index contributed by atoms with van der Waals surface area (Å²) in [5.41, 5.74) is 0.520. The third-order valence-corrected chi connectivity index (χ3v) is 5.56. The van der Waals surface area contributed by atoms with Crippen LogP contribution in [0.1, 0.15) is 30.4 Å².